The molecule has 1 aliphatic rings. The molecule has 0 bridgehead atoms. The molecule has 23 heavy (non-hydrogen) atoms. The van der Waals surface area contributed by atoms with Crippen molar-refractivity contribution in [3.05, 3.63) is 5.53 Å². The molecule has 128 valence electrons. The van der Waals surface area contributed by atoms with Crippen molar-refractivity contribution in [2.24, 2.45) is 5.92 Å². The van der Waals surface area contributed by atoms with Crippen molar-refractivity contribution in [2.45, 2.75) is 64.2 Å². The van der Waals surface area contributed by atoms with Gasteiger partial charge in [-0.2, -0.15) is 4.79 Å². The third-order valence-corrected chi connectivity index (χ3v) is 3.35. The van der Waals surface area contributed by atoms with Gasteiger partial charge in [0.2, 0.25) is 11.7 Å². The second-order valence-electron chi connectivity index (χ2n) is 6.10. The monoisotopic (exact) mass is 325 g/mol. The van der Waals surface area contributed by atoms with Crippen LogP contribution < -0.4 is 5.32 Å². The number of nitrogens with one attached hydrogen (secondary N) is 1. The lowest BCUT2D eigenvalue weighted by molar-refractivity contribution is -0.145. The minimum atomic E-state index is -1.22. The molecule has 8 nitrogen and oxygen atoms in total. The molecule has 1 amide bonds. The number of carbonyl (C=O) groups excluding carboxylic acids is 2. The first kappa shape index (κ1) is 19.0. The van der Waals surface area contributed by atoms with E-state index in [1.54, 1.807) is 0 Å². The van der Waals surface area contributed by atoms with Crippen LogP contribution in [0, 0.1) is 5.92 Å². The Morgan fingerprint density at radius 1 is 1.39 bits per heavy atom. The minimum Gasteiger partial charge on any atom is -0.480 e. The summed E-state index contributed by atoms with van der Waals surface area (Å²) in [7, 11) is 0. The number of ether oxygens (including phenoxy) is 1. The molecule has 0 saturated heterocycles. The summed E-state index contributed by atoms with van der Waals surface area (Å²) in [5, 5.41) is 11.6. The number of hydrogen-bond acceptors (Lipinski definition) is 4. The SMILES string of the molecule is CC(C)C[C@H](OC1CC1)C(=O)N[C@@H](CCC(=O)C=[N+]=[N-])C(=O)O. The number of carboxylic acid groups (broad SMARTS) is 1. The van der Waals surface area contributed by atoms with Crippen LogP contribution in [0.3, 0.4) is 0 Å². The molecule has 1 saturated carbocycles. The largest absolute Gasteiger partial charge is 0.480 e. The Morgan fingerprint density at radius 3 is 2.52 bits per heavy atom. The fourth-order valence-corrected chi connectivity index (χ4v) is 2.03. The minimum absolute atomic E-state index is 0.0788. The lowest BCUT2D eigenvalue weighted by atomic mass is 10.0. The van der Waals surface area contributed by atoms with Gasteiger partial charge in [0.05, 0.1) is 6.10 Å². The first-order valence-corrected chi connectivity index (χ1v) is 7.72. The van der Waals surface area contributed by atoms with Gasteiger partial charge in [0, 0.05) is 6.42 Å². The highest BCUT2D eigenvalue weighted by Gasteiger charge is 2.32. The first-order valence-electron chi connectivity index (χ1n) is 7.72. The summed E-state index contributed by atoms with van der Waals surface area (Å²) < 4.78 is 5.65. The highest BCUT2D eigenvalue weighted by Crippen LogP contribution is 2.27. The summed E-state index contributed by atoms with van der Waals surface area (Å²) in [6.45, 7) is 3.91. The van der Waals surface area contributed by atoms with Crippen LogP contribution in [0.1, 0.15) is 46.0 Å². The van der Waals surface area contributed by atoms with Gasteiger partial charge in [0.25, 0.3) is 0 Å². The molecule has 0 aromatic rings. The number of rotatable bonds is 11. The van der Waals surface area contributed by atoms with Crippen LogP contribution >= 0.6 is 0 Å². The molecule has 2 atom stereocenters. The van der Waals surface area contributed by atoms with E-state index in [2.05, 4.69) is 10.1 Å². The average molecular weight is 325 g/mol. The normalized spacial score (nSPS) is 16.3. The second-order valence-corrected chi connectivity index (χ2v) is 6.10. The van der Waals surface area contributed by atoms with Gasteiger partial charge in [-0.15, -0.1) is 0 Å². The zero-order valence-electron chi connectivity index (χ0n) is 13.4. The van der Waals surface area contributed by atoms with Gasteiger partial charge in [-0.1, -0.05) is 13.8 Å². The Morgan fingerprint density at radius 2 is 2.04 bits per heavy atom. The van der Waals surface area contributed by atoms with Crippen molar-refractivity contribution < 1.29 is 29.0 Å². The molecule has 0 heterocycles. The van der Waals surface area contributed by atoms with Gasteiger partial charge < -0.3 is 20.7 Å². The summed E-state index contributed by atoms with van der Waals surface area (Å²) >= 11 is 0. The summed E-state index contributed by atoms with van der Waals surface area (Å²) in [4.78, 5) is 37.4. The van der Waals surface area contributed by atoms with E-state index >= 15 is 0 Å². The summed E-state index contributed by atoms with van der Waals surface area (Å²) in [6.07, 6.45) is 2.22. The molecule has 1 aliphatic carbocycles. The molecule has 0 unspecified atom stereocenters. The van der Waals surface area contributed by atoms with E-state index in [1.807, 2.05) is 13.8 Å². The second kappa shape index (κ2) is 9.17. The summed E-state index contributed by atoms with van der Waals surface area (Å²) in [5.41, 5.74) is 8.25. The van der Waals surface area contributed by atoms with Gasteiger partial charge >= 0.3 is 12.2 Å². The van der Waals surface area contributed by atoms with E-state index < -0.39 is 29.8 Å². The fraction of sp³-hybridized carbons (Fsp3) is 0.733. The van der Waals surface area contributed by atoms with E-state index in [0.717, 1.165) is 12.8 Å². The molecular formula is C15H23N3O5. The number of ketones is 1. The predicted molar refractivity (Wildman–Crippen MR) is 80.8 cm³/mol. The first-order chi connectivity index (χ1) is 10.8. The van der Waals surface area contributed by atoms with Crippen LogP contribution in [0.15, 0.2) is 0 Å². The van der Waals surface area contributed by atoms with Gasteiger partial charge in [0.15, 0.2) is 0 Å². The fourth-order valence-electron chi connectivity index (χ4n) is 2.03. The van der Waals surface area contributed by atoms with E-state index in [0.29, 0.717) is 12.6 Å². The smallest absolute Gasteiger partial charge is 0.326 e. The molecule has 0 aromatic heterocycles. The Bertz CT molecular complexity index is 491. The Labute approximate surface area is 134 Å². The highest BCUT2D eigenvalue weighted by molar-refractivity contribution is 6.25. The zero-order valence-corrected chi connectivity index (χ0v) is 13.4. The highest BCUT2D eigenvalue weighted by atomic mass is 16.5. The van der Waals surface area contributed by atoms with Gasteiger partial charge in [-0.3, -0.25) is 9.59 Å². The molecule has 0 radical (unpaired) electrons. The third-order valence-electron chi connectivity index (χ3n) is 3.35. The van der Waals surface area contributed by atoms with Crippen molar-refractivity contribution in [2.75, 3.05) is 0 Å². The van der Waals surface area contributed by atoms with Crippen molar-refractivity contribution in [3.8, 4) is 0 Å². The van der Waals surface area contributed by atoms with Gasteiger partial charge in [-0.25, -0.2) is 4.79 Å². The number of Topliss-reactive ketones (excluding diaryl/α,β-unsaturated/α-hetero) is 1. The van der Waals surface area contributed by atoms with Crippen LogP contribution in [0.4, 0.5) is 0 Å². The average Bonchev–Trinajstić information content (AvgIpc) is 3.26. The van der Waals surface area contributed by atoms with Crippen molar-refractivity contribution >= 4 is 23.9 Å². The van der Waals surface area contributed by atoms with Crippen LogP contribution in [-0.4, -0.2) is 52.0 Å². The van der Waals surface area contributed by atoms with E-state index in [1.165, 1.54) is 0 Å². The predicted octanol–water partition coefficient (Wildman–Crippen LogP) is 0.799. The van der Waals surface area contributed by atoms with Gasteiger partial charge in [-0.05, 0) is 31.6 Å². The summed E-state index contributed by atoms with van der Waals surface area (Å²) in [6, 6.07) is -1.18. The van der Waals surface area contributed by atoms with Crippen LogP contribution in [0.5, 0.6) is 0 Å². The number of aliphatic carboxylic acids is 1. The summed E-state index contributed by atoms with van der Waals surface area (Å²) in [5.74, 6) is -1.97. The van der Waals surface area contributed by atoms with Crippen molar-refractivity contribution in [1.82, 2.24) is 5.32 Å². The van der Waals surface area contributed by atoms with Crippen LogP contribution in [0.2, 0.25) is 0 Å². The molecule has 1 rings (SSSR count). The topological polar surface area (TPSA) is 129 Å². The van der Waals surface area contributed by atoms with E-state index in [4.69, 9.17) is 10.3 Å². The molecule has 2 N–H and O–H groups in total. The molecule has 0 aromatic carbocycles. The maximum absolute atomic E-state index is 12.3. The third kappa shape index (κ3) is 7.67. The van der Waals surface area contributed by atoms with Gasteiger partial charge in [0.1, 0.15) is 12.1 Å². The number of hydrogen-bond donors (Lipinski definition) is 2. The molecule has 1 fully saturated rings. The standard InChI is InChI=1S/C15H23N3O5/c1-9(2)7-13(23-11-4-5-11)14(20)18-12(15(21)22)6-3-10(19)8-17-16/h8-9,11-13H,3-7H2,1-2H3,(H,18,20)(H,21,22)/t12-,13-/m0/s1. The molecule has 0 aliphatic heterocycles. The number of nitrogens with zero attached hydrogens (tertiary/aromatic N) is 2. The van der Waals surface area contributed by atoms with Crippen LogP contribution in [0.25, 0.3) is 5.53 Å². The zero-order chi connectivity index (χ0) is 17.4. The van der Waals surface area contributed by atoms with Crippen LogP contribution in [-0.2, 0) is 19.1 Å². The molecule has 0 spiro atoms. The van der Waals surface area contributed by atoms with E-state index in [-0.39, 0.29) is 24.9 Å². The Balaban J connectivity index is 2.60. The molecule has 8 heteroatoms. The lowest BCUT2D eigenvalue weighted by Crippen LogP contribution is -2.47. The quantitative estimate of drug-likeness (QED) is 0.330. The van der Waals surface area contributed by atoms with E-state index in [9.17, 15) is 19.5 Å². The maximum atomic E-state index is 12.3. The Kier molecular flexibility index (Phi) is 7.57. The number of carboxylic acids is 1. The number of amides is 1. The van der Waals surface area contributed by atoms with Crippen molar-refractivity contribution in [1.29, 1.82) is 0 Å². The number of carbonyl (C=O) groups is 3. The molecular weight excluding hydrogens is 302 g/mol. The maximum Gasteiger partial charge on any atom is 0.326 e. The lowest BCUT2D eigenvalue weighted by Gasteiger charge is -2.21. The van der Waals surface area contributed by atoms with Crippen molar-refractivity contribution in [3.63, 3.8) is 0 Å². The Hall–Kier alpha value is -2.05.